The lowest BCUT2D eigenvalue weighted by molar-refractivity contribution is -0.121. The maximum absolute atomic E-state index is 13.4. The molecule has 1 saturated heterocycles. The van der Waals surface area contributed by atoms with Crippen molar-refractivity contribution in [3.05, 3.63) is 53.8 Å². The van der Waals surface area contributed by atoms with E-state index in [1.807, 2.05) is 11.8 Å². The average molecular weight is 486 g/mol. The molecule has 180 valence electrons. The molecule has 1 aliphatic carbocycles. The third-order valence-corrected chi connectivity index (χ3v) is 8.78. The molecule has 0 unspecified atom stereocenters. The number of carbonyl (C=O) groups excluding carboxylic acids is 2. The number of nitrogens with one attached hydrogen (secondary N) is 1. The monoisotopic (exact) mass is 485 g/mol. The lowest BCUT2D eigenvalue weighted by Gasteiger charge is -2.31. The summed E-state index contributed by atoms with van der Waals surface area (Å²) in [5, 5.41) is 2.69. The van der Waals surface area contributed by atoms with Gasteiger partial charge in [-0.15, -0.1) is 0 Å². The van der Waals surface area contributed by atoms with Gasteiger partial charge in [-0.05, 0) is 81.0 Å². The highest BCUT2D eigenvalue weighted by Gasteiger charge is 2.40. The van der Waals surface area contributed by atoms with E-state index < -0.39 is 21.8 Å². The summed E-state index contributed by atoms with van der Waals surface area (Å²) in [5.74, 6) is -1.06. The van der Waals surface area contributed by atoms with Gasteiger partial charge in [0.2, 0.25) is 21.8 Å². The van der Waals surface area contributed by atoms with Gasteiger partial charge in [0.25, 0.3) is 0 Å². The number of carbonyl (C=O) groups is 2. The normalized spacial score (nSPS) is 22.9. The van der Waals surface area contributed by atoms with Crippen LogP contribution in [0, 0.1) is 17.7 Å². The van der Waals surface area contributed by atoms with Crippen molar-refractivity contribution in [2.45, 2.75) is 50.0 Å². The van der Waals surface area contributed by atoms with Gasteiger partial charge in [0.05, 0.1) is 10.8 Å². The molecule has 9 heteroatoms. The van der Waals surface area contributed by atoms with Crippen molar-refractivity contribution in [1.29, 1.82) is 0 Å². The second kappa shape index (κ2) is 8.78. The molecule has 3 aliphatic rings. The summed E-state index contributed by atoms with van der Waals surface area (Å²) in [6.45, 7) is 2.40. The van der Waals surface area contributed by atoms with Crippen molar-refractivity contribution in [2.75, 3.05) is 23.3 Å². The standard InChI is InChI=1S/C25H28FN3O4S/c1-16-12-19-13-22(9-10-23(19)29(16)25(31)17-7-8-17)34(32,33)28-11-3-4-18(15-28)24(30)27-21-6-2-5-20(26)14-21/h2,5-6,9-10,13-14,16-18H,3-4,7-8,11-12,15H2,1H3,(H,27,30)/t16-,18+/m0/s1. The number of rotatable bonds is 5. The van der Waals surface area contributed by atoms with Gasteiger partial charge in [-0.25, -0.2) is 12.8 Å². The molecule has 5 rings (SSSR count). The molecule has 2 atom stereocenters. The summed E-state index contributed by atoms with van der Waals surface area (Å²) >= 11 is 0. The highest BCUT2D eigenvalue weighted by Crippen LogP contribution is 2.40. The second-order valence-electron chi connectivity index (χ2n) is 9.53. The number of amides is 2. The molecule has 0 bridgehead atoms. The van der Waals surface area contributed by atoms with E-state index in [1.165, 1.54) is 22.5 Å². The number of sulfonamides is 1. The summed E-state index contributed by atoms with van der Waals surface area (Å²) < 4.78 is 41.7. The van der Waals surface area contributed by atoms with Crippen LogP contribution in [0.4, 0.5) is 15.8 Å². The molecule has 2 aromatic carbocycles. The Bertz CT molecular complexity index is 1240. The molecule has 1 saturated carbocycles. The number of fused-ring (bicyclic) bond motifs is 1. The minimum absolute atomic E-state index is 0.00643. The molecule has 0 radical (unpaired) electrons. The zero-order valence-electron chi connectivity index (χ0n) is 19.0. The fraction of sp³-hybridized carbons (Fsp3) is 0.440. The first-order chi connectivity index (χ1) is 16.2. The topological polar surface area (TPSA) is 86.8 Å². The first-order valence-corrected chi connectivity index (χ1v) is 13.2. The highest BCUT2D eigenvalue weighted by molar-refractivity contribution is 7.89. The van der Waals surface area contributed by atoms with E-state index in [4.69, 9.17) is 0 Å². The van der Waals surface area contributed by atoms with Gasteiger partial charge in [0.1, 0.15) is 5.82 Å². The maximum Gasteiger partial charge on any atom is 0.243 e. The number of hydrogen-bond donors (Lipinski definition) is 1. The van der Waals surface area contributed by atoms with E-state index in [9.17, 15) is 22.4 Å². The largest absolute Gasteiger partial charge is 0.326 e. The fourth-order valence-corrected chi connectivity index (χ4v) is 6.54. The number of anilines is 2. The van der Waals surface area contributed by atoms with Crippen LogP contribution in [0.3, 0.4) is 0 Å². The Hall–Kier alpha value is -2.78. The number of hydrogen-bond acceptors (Lipinski definition) is 4. The average Bonchev–Trinajstić information content (AvgIpc) is 3.60. The molecule has 34 heavy (non-hydrogen) atoms. The summed E-state index contributed by atoms with van der Waals surface area (Å²) in [4.78, 5) is 27.4. The smallest absolute Gasteiger partial charge is 0.243 e. The van der Waals surface area contributed by atoms with E-state index >= 15 is 0 Å². The Morgan fingerprint density at radius 2 is 1.85 bits per heavy atom. The quantitative estimate of drug-likeness (QED) is 0.702. The third kappa shape index (κ3) is 4.34. The summed E-state index contributed by atoms with van der Waals surface area (Å²) in [7, 11) is -3.80. The van der Waals surface area contributed by atoms with Crippen LogP contribution in [0.25, 0.3) is 0 Å². The van der Waals surface area contributed by atoms with Crippen molar-refractivity contribution in [1.82, 2.24) is 4.31 Å². The van der Waals surface area contributed by atoms with Crippen LogP contribution in [-0.2, 0) is 26.0 Å². The molecule has 2 aromatic rings. The molecule has 7 nitrogen and oxygen atoms in total. The molecule has 2 aliphatic heterocycles. The summed E-state index contributed by atoms with van der Waals surface area (Å²) in [6.07, 6.45) is 3.59. The van der Waals surface area contributed by atoms with Crippen LogP contribution >= 0.6 is 0 Å². The minimum Gasteiger partial charge on any atom is -0.326 e. The third-order valence-electron chi connectivity index (χ3n) is 6.92. The van der Waals surface area contributed by atoms with Crippen molar-refractivity contribution in [2.24, 2.45) is 11.8 Å². The van der Waals surface area contributed by atoms with E-state index in [0.29, 0.717) is 31.5 Å². The fourth-order valence-electron chi connectivity index (χ4n) is 4.97. The molecular formula is C25H28FN3O4S. The predicted octanol–water partition coefficient (Wildman–Crippen LogP) is 3.55. The lowest BCUT2D eigenvalue weighted by Crippen LogP contribution is -2.43. The molecule has 2 amide bonds. The lowest BCUT2D eigenvalue weighted by atomic mass is 9.99. The number of halogens is 1. The predicted molar refractivity (Wildman–Crippen MR) is 126 cm³/mol. The van der Waals surface area contributed by atoms with E-state index in [1.54, 1.807) is 24.3 Å². The van der Waals surface area contributed by atoms with Crippen LogP contribution in [-0.4, -0.2) is 43.7 Å². The Morgan fingerprint density at radius 1 is 1.06 bits per heavy atom. The maximum atomic E-state index is 13.4. The van der Waals surface area contributed by atoms with Gasteiger partial charge in [-0.3, -0.25) is 9.59 Å². The molecule has 2 fully saturated rings. The zero-order chi connectivity index (χ0) is 24.0. The number of piperidine rings is 1. The van der Waals surface area contributed by atoms with Gasteiger partial charge in [0, 0.05) is 36.4 Å². The van der Waals surface area contributed by atoms with Crippen LogP contribution in [0.15, 0.2) is 47.4 Å². The summed E-state index contributed by atoms with van der Waals surface area (Å²) in [5.41, 5.74) is 2.01. The van der Waals surface area contributed by atoms with E-state index in [0.717, 1.165) is 24.1 Å². The van der Waals surface area contributed by atoms with Crippen LogP contribution in [0.2, 0.25) is 0 Å². The van der Waals surface area contributed by atoms with Gasteiger partial charge in [0.15, 0.2) is 0 Å². The summed E-state index contributed by atoms with van der Waals surface area (Å²) in [6, 6.07) is 10.6. The van der Waals surface area contributed by atoms with Gasteiger partial charge < -0.3 is 10.2 Å². The molecular weight excluding hydrogens is 457 g/mol. The minimum atomic E-state index is -3.80. The molecule has 1 N–H and O–H groups in total. The van der Waals surface area contributed by atoms with Gasteiger partial charge >= 0.3 is 0 Å². The molecule has 0 spiro atoms. The van der Waals surface area contributed by atoms with Crippen LogP contribution < -0.4 is 10.2 Å². The Balaban J connectivity index is 1.32. The van der Waals surface area contributed by atoms with Crippen molar-refractivity contribution >= 4 is 33.2 Å². The van der Waals surface area contributed by atoms with Crippen molar-refractivity contribution in [3.63, 3.8) is 0 Å². The molecule has 0 aromatic heterocycles. The van der Waals surface area contributed by atoms with Crippen molar-refractivity contribution in [3.8, 4) is 0 Å². The first-order valence-electron chi connectivity index (χ1n) is 11.8. The van der Waals surface area contributed by atoms with E-state index in [2.05, 4.69) is 5.32 Å². The Morgan fingerprint density at radius 3 is 2.59 bits per heavy atom. The Kier molecular flexibility index (Phi) is 5.93. The van der Waals surface area contributed by atoms with Crippen LogP contribution in [0.5, 0.6) is 0 Å². The number of benzene rings is 2. The van der Waals surface area contributed by atoms with Gasteiger partial charge in [-0.1, -0.05) is 6.07 Å². The van der Waals surface area contributed by atoms with E-state index in [-0.39, 0.29) is 35.2 Å². The number of nitrogens with zero attached hydrogens (tertiary/aromatic N) is 2. The first kappa shape index (κ1) is 23.0. The van der Waals surface area contributed by atoms with Gasteiger partial charge in [-0.2, -0.15) is 4.31 Å². The Labute approximate surface area is 199 Å². The van der Waals surface area contributed by atoms with Crippen molar-refractivity contribution < 1.29 is 22.4 Å². The zero-order valence-corrected chi connectivity index (χ0v) is 19.9. The molecule has 2 heterocycles. The highest BCUT2D eigenvalue weighted by atomic mass is 32.2. The SMILES string of the molecule is C[C@H]1Cc2cc(S(=O)(=O)N3CCC[C@@H](C(=O)Nc4cccc(F)c4)C3)ccc2N1C(=O)C1CC1. The second-order valence-corrected chi connectivity index (χ2v) is 11.5. The van der Waals surface area contributed by atoms with Crippen LogP contribution in [0.1, 0.15) is 38.2 Å².